The summed E-state index contributed by atoms with van der Waals surface area (Å²) in [6.07, 6.45) is 3.84. The molecule has 10 aromatic rings. The van der Waals surface area contributed by atoms with Crippen LogP contribution in [0.25, 0.3) is 66.6 Å². The third-order valence-electron chi connectivity index (χ3n) is 15.0. The molecule has 5 nitrogen and oxygen atoms in total. The Hall–Kier alpha value is -6.55. The Labute approximate surface area is 443 Å². The van der Waals surface area contributed by atoms with E-state index in [9.17, 15) is 0 Å². The van der Waals surface area contributed by atoms with Gasteiger partial charge >= 0.3 is 341 Å². The van der Waals surface area contributed by atoms with Crippen molar-refractivity contribution in [2.24, 2.45) is 0 Å². The molecule has 1 atom stereocenters. The maximum atomic E-state index is 6.87. The van der Waals surface area contributed by atoms with Gasteiger partial charge in [-0.3, -0.25) is 0 Å². The van der Waals surface area contributed by atoms with Crippen LogP contribution >= 0.6 is 0 Å². The van der Waals surface area contributed by atoms with Gasteiger partial charge in [0, 0.05) is 6.20 Å². The molecule has 1 aliphatic carbocycles. The number of aromatic nitrogens is 4. The summed E-state index contributed by atoms with van der Waals surface area (Å²) in [5, 5.41) is 2.29. The Morgan fingerprint density at radius 2 is 1.14 bits per heavy atom. The van der Waals surface area contributed by atoms with Crippen LogP contribution in [0.15, 0.2) is 152 Å². The maximum absolute atomic E-state index is 6.87. The second-order valence-electron chi connectivity index (χ2n) is 24.3. The average molecular weight is 1140 g/mol. The van der Waals surface area contributed by atoms with E-state index in [1.54, 1.807) is 0 Å². The summed E-state index contributed by atoms with van der Waals surface area (Å²) >= 11 is 2.60. The SMILES string of the molecule is CC(C)(C)c1cc(-c2cccc(-c3ccccc3)c2-n2[c](=[Pt])n(C3CCc4ccc(Oc5[c-]c6c(cc5)c5cc(C(C)(C)C)ccc5n6-c5cc(C(C)(C)C)ccn5)[c-]c43)c3ccccc32)cc(C(C)(C)C)c1. The summed E-state index contributed by atoms with van der Waals surface area (Å²) in [7, 11) is 0. The van der Waals surface area contributed by atoms with E-state index in [1.165, 1.54) is 72.2 Å². The van der Waals surface area contributed by atoms with Gasteiger partial charge in [-0.25, -0.2) is 4.98 Å². The zero-order chi connectivity index (χ0) is 51.4. The standard InChI is InChI=1S/C67H66N4O.Pt/c1-64(2,3)46-27-32-58-56(38-46)54-30-29-51(41-61(54)71(58)62-39-47(33-34-68-62)65(4,5)6)72-50-28-25-44-26-31-57(55(44)40-50)69-42-70(60-24-17-16-23-59(60)69)63-52(43-19-14-13-15-20-43)21-18-22-53(63)45-35-48(66(7,8)9)37-49(36-45)67(10,11)12;/h13-25,27-30,32-39,57H,26,31H2,1-12H3;/q-2;. The number of hydrogen-bond acceptors (Lipinski definition) is 2. The van der Waals surface area contributed by atoms with E-state index in [-0.39, 0.29) is 27.7 Å². The molecule has 73 heavy (non-hydrogen) atoms. The number of aryl methyl sites for hydroxylation is 1. The minimum atomic E-state index is -0.0366. The minimum absolute atomic E-state index is 0.00294. The van der Waals surface area contributed by atoms with Crippen LogP contribution in [0.2, 0.25) is 0 Å². The molecule has 0 spiro atoms. The number of benzene rings is 7. The Morgan fingerprint density at radius 1 is 0.521 bits per heavy atom. The number of nitrogens with zero attached hydrogens (tertiary/aromatic N) is 4. The molecule has 0 saturated carbocycles. The van der Waals surface area contributed by atoms with E-state index in [1.807, 2.05) is 6.20 Å². The van der Waals surface area contributed by atoms with E-state index in [4.69, 9.17) is 9.72 Å². The van der Waals surface area contributed by atoms with Crippen molar-refractivity contribution >= 4 is 32.8 Å². The summed E-state index contributed by atoms with van der Waals surface area (Å²) in [6.45, 7) is 27.5. The number of imidazole rings is 1. The molecule has 1 aliphatic rings. The second kappa shape index (κ2) is 17.8. The molecule has 0 radical (unpaired) electrons. The van der Waals surface area contributed by atoms with Gasteiger partial charge in [-0.1, -0.05) is 53.7 Å². The zero-order valence-electron chi connectivity index (χ0n) is 44.4. The predicted octanol–water partition coefficient (Wildman–Crippen LogP) is 17.5. The Balaban J connectivity index is 1.05. The molecular weight excluding hydrogens is 1070 g/mol. The van der Waals surface area contributed by atoms with Crippen molar-refractivity contribution in [3.05, 3.63) is 201 Å². The predicted molar refractivity (Wildman–Crippen MR) is 299 cm³/mol. The Bertz CT molecular complexity index is 3810. The number of rotatable bonds is 7. The molecule has 7 aromatic carbocycles. The summed E-state index contributed by atoms with van der Waals surface area (Å²) in [6, 6.07) is 61.3. The van der Waals surface area contributed by atoms with Crippen LogP contribution in [0.4, 0.5) is 0 Å². The topological polar surface area (TPSA) is 36.9 Å². The molecule has 3 aromatic heterocycles. The molecule has 0 fully saturated rings. The third-order valence-corrected chi connectivity index (χ3v) is 16.1. The summed E-state index contributed by atoms with van der Waals surface area (Å²) in [4.78, 5) is 4.96. The molecule has 0 saturated heterocycles. The van der Waals surface area contributed by atoms with Crippen LogP contribution in [-0.4, -0.2) is 18.7 Å². The first-order chi connectivity index (χ1) is 34.6. The van der Waals surface area contributed by atoms with Crippen molar-refractivity contribution in [3.63, 3.8) is 0 Å². The van der Waals surface area contributed by atoms with Gasteiger partial charge in [0.1, 0.15) is 0 Å². The first-order valence-corrected chi connectivity index (χ1v) is 27.0. The number of ether oxygens (including phenoxy) is 1. The molecular formula is C67H66N4OPt-2. The quantitative estimate of drug-likeness (QED) is 0.149. The molecule has 0 bridgehead atoms. The van der Waals surface area contributed by atoms with Crippen molar-refractivity contribution in [2.75, 3.05) is 0 Å². The van der Waals surface area contributed by atoms with Crippen molar-refractivity contribution in [1.82, 2.24) is 18.7 Å². The Kier molecular flexibility index (Phi) is 11.9. The number of fused-ring (bicyclic) bond motifs is 5. The zero-order valence-corrected chi connectivity index (χ0v) is 46.7. The van der Waals surface area contributed by atoms with Crippen LogP contribution in [0.5, 0.6) is 11.5 Å². The van der Waals surface area contributed by atoms with Gasteiger partial charge in [-0.05, 0) is 40.2 Å². The van der Waals surface area contributed by atoms with Crippen LogP contribution in [0.3, 0.4) is 0 Å². The van der Waals surface area contributed by atoms with E-state index >= 15 is 0 Å². The summed E-state index contributed by atoms with van der Waals surface area (Å²) in [5.41, 5.74) is 17.9. The van der Waals surface area contributed by atoms with Gasteiger partial charge in [-0.2, -0.15) is 0 Å². The van der Waals surface area contributed by atoms with Crippen molar-refractivity contribution in [3.8, 4) is 45.3 Å². The molecule has 0 N–H and O–H groups in total. The molecule has 0 amide bonds. The first-order valence-electron chi connectivity index (χ1n) is 25.9. The van der Waals surface area contributed by atoms with E-state index in [0.29, 0.717) is 11.5 Å². The first kappa shape index (κ1) is 48.7. The summed E-state index contributed by atoms with van der Waals surface area (Å²) < 4.78 is 15.3. The van der Waals surface area contributed by atoms with E-state index in [0.717, 1.165) is 44.4 Å². The van der Waals surface area contributed by atoms with E-state index < -0.39 is 0 Å². The fourth-order valence-corrected chi connectivity index (χ4v) is 11.9. The van der Waals surface area contributed by atoms with Gasteiger partial charge in [0.15, 0.2) is 0 Å². The second-order valence-corrected chi connectivity index (χ2v) is 25.3. The fourth-order valence-electron chi connectivity index (χ4n) is 10.8. The fraction of sp³-hybridized carbons (Fsp3) is 0.284. The van der Waals surface area contributed by atoms with Gasteiger partial charge in [0.2, 0.25) is 0 Å². The monoisotopic (exact) mass is 1140 g/mol. The van der Waals surface area contributed by atoms with Gasteiger partial charge in [-0.15, -0.1) is 0 Å². The van der Waals surface area contributed by atoms with Gasteiger partial charge < -0.3 is 0 Å². The normalized spacial score (nSPS) is 14.4. The van der Waals surface area contributed by atoms with E-state index in [2.05, 4.69) is 274 Å². The summed E-state index contributed by atoms with van der Waals surface area (Å²) in [5.74, 6) is 2.18. The number of pyridine rings is 1. The van der Waals surface area contributed by atoms with Crippen molar-refractivity contribution < 1.29 is 24.1 Å². The third kappa shape index (κ3) is 8.86. The molecule has 372 valence electrons. The van der Waals surface area contributed by atoms with Crippen molar-refractivity contribution in [2.45, 2.75) is 124 Å². The number of para-hydroxylation sites is 3. The van der Waals surface area contributed by atoms with Crippen LogP contribution < -0.4 is 4.74 Å². The molecule has 0 aliphatic heterocycles. The Morgan fingerprint density at radius 3 is 1.82 bits per heavy atom. The van der Waals surface area contributed by atoms with Gasteiger partial charge in [0.25, 0.3) is 0 Å². The van der Waals surface area contributed by atoms with Crippen LogP contribution in [0.1, 0.15) is 129 Å². The van der Waals surface area contributed by atoms with Gasteiger partial charge in [0.05, 0.1) is 0 Å². The molecule has 6 heteroatoms. The van der Waals surface area contributed by atoms with Crippen LogP contribution in [0, 0.1) is 15.9 Å². The molecule has 1 unspecified atom stereocenters. The molecule has 11 rings (SSSR count). The molecule has 3 heterocycles. The average Bonchev–Trinajstić information content (AvgIpc) is 4.01. The van der Waals surface area contributed by atoms with Crippen LogP contribution in [-0.2, 0) is 47.4 Å². The number of hydrogen-bond donors (Lipinski definition) is 0. The van der Waals surface area contributed by atoms with Crippen molar-refractivity contribution in [1.29, 1.82) is 0 Å².